The van der Waals surface area contributed by atoms with E-state index in [0.717, 1.165) is 22.4 Å². The third-order valence-electron chi connectivity index (χ3n) is 6.97. The third kappa shape index (κ3) is 16.4. The van der Waals surface area contributed by atoms with E-state index in [2.05, 4.69) is 95.4 Å². The van der Waals surface area contributed by atoms with Crippen LogP contribution in [0, 0.1) is 12.0 Å². The Hall–Kier alpha value is -1.19. The molecule has 0 amide bonds. The fraction of sp³-hybridized carbons (Fsp3) is 0.529. The SMILES string of the molecule is CC1=[C-]C(C)C(C)=C1C.C[SiH]C.[NH-]C1CCCCCCCCCC1.[Ti+2].c1ccc(-c2ccccc2)cc1. The third-order valence-corrected chi connectivity index (χ3v) is 6.97. The van der Waals surface area contributed by atoms with Crippen molar-refractivity contribution < 1.29 is 21.7 Å². The molecule has 0 heterocycles. The molecule has 0 spiro atoms. The van der Waals surface area contributed by atoms with Crippen molar-refractivity contribution in [1.29, 1.82) is 0 Å². The van der Waals surface area contributed by atoms with Crippen LogP contribution >= 0.6 is 0 Å². The van der Waals surface area contributed by atoms with Gasteiger partial charge >= 0.3 is 21.7 Å². The van der Waals surface area contributed by atoms with Crippen molar-refractivity contribution in [2.24, 2.45) is 5.92 Å². The van der Waals surface area contributed by atoms with Crippen LogP contribution in [0.2, 0.25) is 13.1 Å². The maximum atomic E-state index is 7.75. The van der Waals surface area contributed by atoms with Gasteiger partial charge in [-0.1, -0.05) is 165 Å². The summed E-state index contributed by atoms with van der Waals surface area (Å²) in [6.45, 7) is 13.1. The molecule has 1 atom stereocenters. The number of allylic oxidation sites excluding steroid dienone is 4. The molecule has 201 valence electrons. The maximum Gasteiger partial charge on any atom is 2.00 e. The van der Waals surface area contributed by atoms with Crippen molar-refractivity contribution >= 4 is 9.52 Å². The molecule has 0 saturated heterocycles. The minimum atomic E-state index is 0. The van der Waals surface area contributed by atoms with Crippen LogP contribution in [0.15, 0.2) is 77.4 Å². The number of hydrogen-bond donors (Lipinski definition) is 0. The summed E-state index contributed by atoms with van der Waals surface area (Å²) in [6, 6.07) is 21.0. The first-order chi connectivity index (χ1) is 17.4. The van der Waals surface area contributed by atoms with Crippen LogP contribution in [0.25, 0.3) is 16.9 Å². The summed E-state index contributed by atoms with van der Waals surface area (Å²) in [7, 11) is 0.750. The summed E-state index contributed by atoms with van der Waals surface area (Å²) in [5.41, 5.74) is 14.5. The molecule has 2 aromatic rings. The zero-order valence-electron chi connectivity index (χ0n) is 24.6. The van der Waals surface area contributed by atoms with Gasteiger partial charge in [0.1, 0.15) is 0 Å². The molecular weight excluding hydrogens is 498 g/mol. The van der Waals surface area contributed by atoms with Crippen LogP contribution < -0.4 is 0 Å². The second-order valence-corrected chi connectivity index (χ2v) is 11.4. The normalized spacial score (nSPS) is 18.2. The van der Waals surface area contributed by atoms with E-state index < -0.39 is 0 Å². The zero-order chi connectivity index (χ0) is 26.6. The molecule has 0 aliphatic heterocycles. The number of hydrogen-bond acceptors (Lipinski definition) is 0. The van der Waals surface area contributed by atoms with Crippen molar-refractivity contribution in [3.63, 3.8) is 0 Å². The molecule has 1 saturated carbocycles. The Morgan fingerprint density at radius 1 is 0.676 bits per heavy atom. The van der Waals surface area contributed by atoms with E-state index in [-0.39, 0.29) is 27.8 Å². The van der Waals surface area contributed by atoms with Gasteiger partial charge in [0.15, 0.2) is 0 Å². The van der Waals surface area contributed by atoms with E-state index in [0.29, 0.717) is 5.92 Å². The van der Waals surface area contributed by atoms with E-state index in [1.807, 2.05) is 12.1 Å². The predicted octanol–water partition coefficient (Wildman–Crippen LogP) is 10.9. The largest absolute Gasteiger partial charge is 2.00 e. The Kier molecular flexibility index (Phi) is 22.0. The average molecular weight is 551 g/mol. The molecule has 4 rings (SSSR count). The number of rotatable bonds is 1. The molecule has 1 fully saturated rings. The van der Waals surface area contributed by atoms with Crippen molar-refractivity contribution in [2.45, 2.75) is 111 Å². The molecule has 0 bridgehead atoms. The van der Waals surface area contributed by atoms with Gasteiger partial charge in [-0.25, -0.2) is 5.57 Å². The van der Waals surface area contributed by atoms with Crippen LogP contribution in [-0.2, 0) is 21.7 Å². The Balaban J connectivity index is 0.000000497. The summed E-state index contributed by atoms with van der Waals surface area (Å²) in [5.74, 6) is 0.560. The van der Waals surface area contributed by atoms with Crippen molar-refractivity contribution in [1.82, 2.24) is 0 Å². The van der Waals surface area contributed by atoms with Crippen LogP contribution in [0.3, 0.4) is 0 Å². The minimum Gasteiger partial charge on any atom is -0.675 e. The molecule has 37 heavy (non-hydrogen) atoms. The van der Waals surface area contributed by atoms with E-state index in [9.17, 15) is 0 Å². The van der Waals surface area contributed by atoms with Crippen molar-refractivity contribution in [3.05, 3.63) is 89.2 Å². The van der Waals surface area contributed by atoms with Gasteiger partial charge in [-0.15, -0.1) is 13.0 Å². The molecule has 0 aromatic heterocycles. The second-order valence-electron chi connectivity index (χ2n) is 10.2. The Morgan fingerprint density at radius 2 is 1.03 bits per heavy atom. The molecule has 2 aliphatic rings. The average Bonchev–Trinajstić information content (AvgIpc) is 3.09. The number of nitrogens with one attached hydrogen (secondary N) is 1. The van der Waals surface area contributed by atoms with Crippen LogP contribution in [0.5, 0.6) is 0 Å². The van der Waals surface area contributed by atoms with E-state index in [1.165, 1.54) is 79.2 Å². The van der Waals surface area contributed by atoms with Gasteiger partial charge in [0, 0.05) is 9.52 Å². The molecule has 1 unspecified atom stereocenters. The van der Waals surface area contributed by atoms with Crippen LogP contribution in [-0.4, -0.2) is 15.6 Å². The van der Waals surface area contributed by atoms with Crippen molar-refractivity contribution in [3.8, 4) is 11.1 Å². The Labute approximate surface area is 247 Å². The van der Waals surface area contributed by atoms with E-state index >= 15 is 0 Å². The van der Waals surface area contributed by atoms with Gasteiger partial charge in [-0.3, -0.25) is 6.08 Å². The van der Waals surface area contributed by atoms with Crippen LogP contribution in [0.4, 0.5) is 0 Å². The number of benzene rings is 2. The molecule has 3 heteroatoms. The molecule has 1 nitrogen and oxygen atoms in total. The van der Waals surface area contributed by atoms with E-state index in [4.69, 9.17) is 5.73 Å². The van der Waals surface area contributed by atoms with Crippen LogP contribution in [0.1, 0.15) is 91.9 Å². The quantitative estimate of drug-likeness (QED) is 0.249. The molecular formula is C34H52NSiTi. The smallest absolute Gasteiger partial charge is 0.675 e. The topological polar surface area (TPSA) is 23.8 Å². The standard InChI is InChI=1S/C12H10.C11H22N.C9H13.C2H7Si.Ti/c1-3-7-11(8-4-1)12-9-5-2-6-10-12;12-11-9-7-5-3-1-2-4-6-8-10-11;1-6-5-7(2)9(4)8(6)3;1-3-2;/h1-10H;11-12H,1-10H2;6H,1-4H3;3H,1-2H3;/q;2*-1;;+2. The van der Waals surface area contributed by atoms with Gasteiger partial charge < -0.3 is 5.73 Å². The predicted molar refractivity (Wildman–Crippen MR) is 165 cm³/mol. The van der Waals surface area contributed by atoms with Gasteiger partial charge in [0.25, 0.3) is 0 Å². The summed E-state index contributed by atoms with van der Waals surface area (Å²) < 4.78 is 0. The Bertz CT molecular complexity index is 810. The fourth-order valence-corrected chi connectivity index (χ4v) is 4.41. The molecule has 1 N–H and O–H groups in total. The van der Waals surface area contributed by atoms with Crippen molar-refractivity contribution in [2.75, 3.05) is 0 Å². The minimum absolute atomic E-state index is 0. The maximum absolute atomic E-state index is 7.75. The van der Waals surface area contributed by atoms with Gasteiger partial charge in [-0.05, 0) is 11.1 Å². The molecule has 2 aliphatic carbocycles. The first-order valence-electron chi connectivity index (χ1n) is 14.2. The first-order valence-corrected chi connectivity index (χ1v) is 16.5. The fourth-order valence-electron chi connectivity index (χ4n) is 4.41. The molecule has 1 radical (unpaired) electrons. The Morgan fingerprint density at radius 3 is 1.30 bits per heavy atom. The van der Waals surface area contributed by atoms with Gasteiger partial charge in [0.05, 0.1) is 0 Å². The summed E-state index contributed by atoms with van der Waals surface area (Å²) in [5, 5.41) is 0. The summed E-state index contributed by atoms with van der Waals surface area (Å²) in [4.78, 5) is 0. The molecule has 2 aromatic carbocycles. The summed E-state index contributed by atoms with van der Waals surface area (Å²) in [6.07, 6.45) is 16.7. The van der Waals surface area contributed by atoms with E-state index in [1.54, 1.807) is 0 Å². The monoisotopic (exact) mass is 550 g/mol. The second kappa shape index (κ2) is 22.8. The van der Waals surface area contributed by atoms with Gasteiger partial charge in [0.2, 0.25) is 0 Å². The summed E-state index contributed by atoms with van der Waals surface area (Å²) >= 11 is 0. The zero-order valence-corrected chi connectivity index (χ0v) is 27.3. The first kappa shape index (κ1) is 35.8. The van der Waals surface area contributed by atoms with Gasteiger partial charge in [-0.2, -0.15) is 11.1 Å².